The van der Waals surface area contributed by atoms with E-state index in [0.29, 0.717) is 17.8 Å². The van der Waals surface area contributed by atoms with Gasteiger partial charge in [0.1, 0.15) is 0 Å². The van der Waals surface area contributed by atoms with Crippen molar-refractivity contribution in [2.24, 2.45) is 5.14 Å². The van der Waals surface area contributed by atoms with Gasteiger partial charge < -0.3 is 5.32 Å². The Morgan fingerprint density at radius 3 is 2.41 bits per heavy atom. The molecule has 3 aromatic rings. The van der Waals surface area contributed by atoms with Crippen LogP contribution in [-0.2, 0) is 16.6 Å². The smallest absolute Gasteiger partial charge is 0.255 e. The molecule has 0 saturated carbocycles. The number of rotatable bonds is 5. The van der Waals surface area contributed by atoms with E-state index in [9.17, 15) is 13.2 Å². The summed E-state index contributed by atoms with van der Waals surface area (Å²) in [5, 5.41) is 12.2. The Hall–Kier alpha value is -2.97. The highest BCUT2D eigenvalue weighted by molar-refractivity contribution is 7.89. The largest absolute Gasteiger partial charge is 0.322 e. The van der Waals surface area contributed by atoms with Crippen LogP contribution in [0.1, 0.15) is 27.3 Å². The minimum absolute atomic E-state index is 0.00705. The molecule has 0 saturated heterocycles. The first kappa shape index (κ1) is 18.8. The minimum atomic E-state index is -3.76. The van der Waals surface area contributed by atoms with E-state index < -0.39 is 10.0 Å². The van der Waals surface area contributed by atoms with Gasteiger partial charge in [-0.25, -0.2) is 13.6 Å². The first-order valence-corrected chi connectivity index (χ1v) is 9.81. The van der Waals surface area contributed by atoms with Crippen molar-refractivity contribution in [3.05, 3.63) is 77.1 Å². The van der Waals surface area contributed by atoms with Gasteiger partial charge in [0.25, 0.3) is 5.91 Å². The maximum atomic E-state index is 12.5. The van der Waals surface area contributed by atoms with E-state index >= 15 is 0 Å². The fourth-order valence-corrected chi connectivity index (χ4v) is 3.27. The predicted molar refractivity (Wildman–Crippen MR) is 103 cm³/mol. The van der Waals surface area contributed by atoms with E-state index in [2.05, 4.69) is 10.4 Å². The number of carbonyl (C=O) groups is 1. The Bertz CT molecular complexity index is 1090. The number of nitrogens with one attached hydrogen (secondary N) is 1. The second-order valence-corrected chi connectivity index (χ2v) is 7.87. The highest BCUT2D eigenvalue weighted by atomic mass is 32.2. The van der Waals surface area contributed by atoms with Gasteiger partial charge in [0, 0.05) is 16.9 Å². The molecule has 0 radical (unpaired) electrons. The molecule has 0 bridgehead atoms. The van der Waals surface area contributed by atoms with Crippen LogP contribution in [0.3, 0.4) is 0 Å². The highest BCUT2D eigenvalue weighted by Gasteiger charge is 2.10. The molecule has 1 amide bonds. The zero-order valence-electron chi connectivity index (χ0n) is 15.0. The molecule has 27 heavy (non-hydrogen) atoms. The van der Waals surface area contributed by atoms with Crippen molar-refractivity contribution < 1.29 is 13.2 Å². The highest BCUT2D eigenvalue weighted by Crippen LogP contribution is 2.15. The molecular weight excluding hydrogens is 364 g/mol. The molecule has 1 aromatic heterocycles. The van der Waals surface area contributed by atoms with E-state index in [0.717, 1.165) is 17.0 Å². The molecule has 8 heteroatoms. The molecule has 0 unspecified atom stereocenters. The van der Waals surface area contributed by atoms with Gasteiger partial charge in [-0.1, -0.05) is 12.1 Å². The van der Waals surface area contributed by atoms with Gasteiger partial charge in [0.15, 0.2) is 0 Å². The van der Waals surface area contributed by atoms with Crippen LogP contribution in [-0.4, -0.2) is 24.1 Å². The summed E-state index contributed by atoms with van der Waals surface area (Å²) >= 11 is 0. The summed E-state index contributed by atoms with van der Waals surface area (Å²) in [5.41, 5.74) is 3.95. The van der Waals surface area contributed by atoms with Crippen molar-refractivity contribution in [3.8, 4) is 0 Å². The number of hydrogen-bond donors (Lipinski definition) is 2. The lowest BCUT2D eigenvalue weighted by molar-refractivity contribution is 0.102. The summed E-state index contributed by atoms with van der Waals surface area (Å²) in [7, 11) is -3.76. The Morgan fingerprint density at radius 1 is 1.11 bits per heavy atom. The quantitative estimate of drug-likeness (QED) is 0.704. The van der Waals surface area contributed by atoms with Crippen molar-refractivity contribution in [1.29, 1.82) is 0 Å². The first-order valence-electron chi connectivity index (χ1n) is 8.26. The number of nitrogens with two attached hydrogens (primary N) is 1. The van der Waals surface area contributed by atoms with Gasteiger partial charge in [-0.2, -0.15) is 5.10 Å². The van der Waals surface area contributed by atoms with Crippen molar-refractivity contribution in [1.82, 2.24) is 9.78 Å². The van der Waals surface area contributed by atoms with Crippen molar-refractivity contribution in [3.63, 3.8) is 0 Å². The summed E-state index contributed by atoms with van der Waals surface area (Å²) in [6.07, 6.45) is 0. The third-order valence-electron chi connectivity index (χ3n) is 4.07. The van der Waals surface area contributed by atoms with Crippen molar-refractivity contribution in [2.45, 2.75) is 25.3 Å². The van der Waals surface area contributed by atoms with E-state index in [1.165, 1.54) is 24.3 Å². The van der Waals surface area contributed by atoms with Crippen LogP contribution >= 0.6 is 0 Å². The SMILES string of the molecule is Cc1cc(C)n(Cc2cccc(C(=O)Nc3ccc(S(N)(=O)=O)cc3)c2)n1. The third-order valence-corrected chi connectivity index (χ3v) is 4.99. The number of primary sulfonamides is 1. The van der Waals surface area contributed by atoms with Crippen LogP contribution in [0, 0.1) is 13.8 Å². The minimum Gasteiger partial charge on any atom is -0.322 e. The Balaban J connectivity index is 1.74. The second kappa shape index (κ2) is 7.34. The maximum absolute atomic E-state index is 12.5. The summed E-state index contributed by atoms with van der Waals surface area (Å²) in [4.78, 5) is 12.5. The van der Waals surface area contributed by atoms with Gasteiger partial charge in [0.05, 0.1) is 17.1 Å². The molecule has 7 nitrogen and oxygen atoms in total. The number of carbonyl (C=O) groups excluding carboxylic acids is 1. The standard InChI is InChI=1S/C19H20N4O3S/c1-13-10-14(2)23(22-13)12-15-4-3-5-16(11-15)19(24)21-17-6-8-18(9-7-17)27(20,25)26/h3-11H,12H2,1-2H3,(H,21,24)(H2,20,25,26). The molecule has 2 aromatic carbocycles. The molecule has 3 rings (SSSR count). The van der Waals surface area contributed by atoms with Gasteiger partial charge in [-0.3, -0.25) is 9.48 Å². The van der Waals surface area contributed by atoms with E-state index in [4.69, 9.17) is 5.14 Å². The lowest BCUT2D eigenvalue weighted by Gasteiger charge is -2.09. The van der Waals surface area contributed by atoms with Crippen LogP contribution in [0.5, 0.6) is 0 Å². The van der Waals surface area contributed by atoms with Gasteiger partial charge in [-0.05, 0) is 61.9 Å². The van der Waals surface area contributed by atoms with Crippen molar-refractivity contribution >= 4 is 21.6 Å². The zero-order valence-corrected chi connectivity index (χ0v) is 15.8. The first-order chi connectivity index (χ1) is 12.7. The summed E-state index contributed by atoms with van der Waals surface area (Å²) in [6, 6.07) is 15.0. The van der Waals surface area contributed by atoms with Gasteiger partial charge >= 0.3 is 0 Å². The molecule has 0 fully saturated rings. The Kier molecular flexibility index (Phi) is 5.11. The van der Waals surface area contributed by atoms with Crippen LogP contribution in [0.25, 0.3) is 0 Å². The van der Waals surface area contributed by atoms with Crippen molar-refractivity contribution in [2.75, 3.05) is 5.32 Å². The van der Waals surface area contributed by atoms with E-state index in [1.54, 1.807) is 6.07 Å². The zero-order chi connectivity index (χ0) is 19.6. The summed E-state index contributed by atoms with van der Waals surface area (Å²) < 4.78 is 24.5. The molecule has 0 atom stereocenters. The van der Waals surface area contributed by atoms with Gasteiger partial charge in [-0.15, -0.1) is 0 Å². The lowest BCUT2D eigenvalue weighted by Crippen LogP contribution is -2.14. The fourth-order valence-electron chi connectivity index (χ4n) is 2.75. The number of benzene rings is 2. The summed E-state index contributed by atoms with van der Waals surface area (Å²) in [6.45, 7) is 4.50. The Morgan fingerprint density at radius 2 is 1.81 bits per heavy atom. The van der Waals surface area contributed by atoms with E-state index in [-0.39, 0.29) is 10.8 Å². The number of amides is 1. The summed E-state index contributed by atoms with van der Waals surface area (Å²) in [5.74, 6) is -0.284. The third kappa shape index (κ3) is 4.60. The number of aryl methyl sites for hydroxylation is 2. The van der Waals surface area contributed by atoms with Crippen LogP contribution in [0.4, 0.5) is 5.69 Å². The van der Waals surface area contributed by atoms with Crippen LogP contribution in [0.15, 0.2) is 59.5 Å². The molecule has 140 valence electrons. The molecule has 3 N–H and O–H groups in total. The number of aromatic nitrogens is 2. The average molecular weight is 384 g/mol. The normalized spacial score (nSPS) is 11.4. The topological polar surface area (TPSA) is 107 Å². The van der Waals surface area contributed by atoms with E-state index in [1.807, 2.05) is 42.8 Å². The number of hydrogen-bond acceptors (Lipinski definition) is 4. The number of sulfonamides is 1. The monoisotopic (exact) mass is 384 g/mol. The number of nitrogens with zero attached hydrogens (tertiary/aromatic N) is 2. The molecular formula is C19H20N4O3S. The van der Waals surface area contributed by atoms with Gasteiger partial charge in [0.2, 0.25) is 10.0 Å². The Labute approximate surface area is 157 Å². The van der Waals surface area contributed by atoms with Crippen LogP contribution in [0.2, 0.25) is 0 Å². The molecule has 0 aliphatic rings. The molecule has 0 spiro atoms. The predicted octanol–water partition coefficient (Wildman–Crippen LogP) is 2.45. The average Bonchev–Trinajstić information content (AvgIpc) is 2.92. The molecule has 0 aliphatic carbocycles. The van der Waals surface area contributed by atoms with Crippen LogP contribution < -0.4 is 10.5 Å². The number of anilines is 1. The fraction of sp³-hybridized carbons (Fsp3) is 0.158. The molecule has 0 aliphatic heterocycles. The molecule has 1 heterocycles. The second-order valence-electron chi connectivity index (χ2n) is 6.31. The maximum Gasteiger partial charge on any atom is 0.255 e. The lowest BCUT2D eigenvalue weighted by atomic mass is 10.1.